The lowest BCUT2D eigenvalue weighted by atomic mass is 10.3. The number of anilines is 1. The van der Waals surface area contributed by atoms with Gasteiger partial charge in [-0.25, -0.2) is 16.8 Å². The third-order valence-corrected chi connectivity index (χ3v) is 5.73. The zero-order valence-electron chi connectivity index (χ0n) is 12.6. The molecule has 136 valence electrons. The Kier molecular flexibility index (Phi) is 5.55. The fourth-order valence-electron chi connectivity index (χ4n) is 1.84. The first-order chi connectivity index (χ1) is 11.5. The number of alkyl halides is 2. The third-order valence-electron chi connectivity index (χ3n) is 2.94. The third kappa shape index (κ3) is 5.03. The summed E-state index contributed by atoms with van der Waals surface area (Å²) in [5, 5.41) is -0.312. The first-order valence-electron chi connectivity index (χ1n) is 6.56. The number of nitrogens with one attached hydrogen (secondary N) is 1. The molecule has 11 heteroatoms. The molecule has 0 spiro atoms. The van der Waals surface area contributed by atoms with Crippen LogP contribution in [-0.4, -0.2) is 29.7 Å². The predicted octanol–water partition coefficient (Wildman–Crippen LogP) is 3.15. The maximum absolute atomic E-state index is 12.3. The van der Waals surface area contributed by atoms with Gasteiger partial charge in [0.2, 0.25) is 0 Å². The Morgan fingerprint density at radius 3 is 2.28 bits per heavy atom. The van der Waals surface area contributed by atoms with Gasteiger partial charge in [-0.15, -0.1) is 0 Å². The molecule has 0 amide bonds. The first-order valence-corrected chi connectivity index (χ1v) is 10.3. The number of ether oxygens (including phenoxy) is 1. The lowest BCUT2D eigenvalue weighted by Crippen LogP contribution is -2.13. The molecule has 0 aliphatic carbocycles. The van der Waals surface area contributed by atoms with E-state index in [0.717, 1.165) is 30.5 Å². The molecule has 0 bridgehead atoms. The molecule has 2 rings (SSSR count). The molecule has 0 aromatic heterocycles. The van der Waals surface area contributed by atoms with Crippen LogP contribution in [-0.2, 0) is 19.9 Å². The number of halogens is 3. The molecular weight excluding hydrogens is 400 g/mol. The molecule has 0 aliphatic heterocycles. The summed E-state index contributed by atoms with van der Waals surface area (Å²) in [7, 11) is -7.63. The lowest BCUT2D eigenvalue weighted by molar-refractivity contribution is -0.0498. The maximum Gasteiger partial charge on any atom is 0.387 e. The zero-order chi connectivity index (χ0) is 18.8. The van der Waals surface area contributed by atoms with Crippen LogP contribution in [0.3, 0.4) is 0 Å². The maximum atomic E-state index is 12.3. The quantitative estimate of drug-likeness (QED) is 0.788. The Morgan fingerprint density at radius 2 is 1.72 bits per heavy atom. The van der Waals surface area contributed by atoms with Crippen LogP contribution in [0.2, 0.25) is 5.02 Å². The van der Waals surface area contributed by atoms with E-state index in [9.17, 15) is 25.6 Å². The van der Waals surface area contributed by atoms with Gasteiger partial charge in [0.15, 0.2) is 9.84 Å². The van der Waals surface area contributed by atoms with E-state index in [1.54, 1.807) is 0 Å². The second-order valence-electron chi connectivity index (χ2n) is 4.88. The van der Waals surface area contributed by atoms with Crippen molar-refractivity contribution < 1.29 is 30.4 Å². The van der Waals surface area contributed by atoms with Gasteiger partial charge in [-0.3, -0.25) is 4.72 Å². The second-order valence-corrected chi connectivity index (χ2v) is 8.98. The average molecular weight is 412 g/mol. The van der Waals surface area contributed by atoms with Crippen molar-refractivity contribution in [3.05, 3.63) is 47.5 Å². The van der Waals surface area contributed by atoms with Gasteiger partial charge in [-0.2, -0.15) is 8.78 Å². The highest BCUT2D eigenvalue weighted by atomic mass is 35.5. The minimum Gasteiger partial charge on any atom is -0.433 e. The molecule has 0 saturated carbocycles. The van der Waals surface area contributed by atoms with Crippen molar-refractivity contribution in [3.8, 4) is 5.75 Å². The van der Waals surface area contributed by atoms with Crippen LogP contribution in [0.15, 0.2) is 52.3 Å². The van der Waals surface area contributed by atoms with Crippen LogP contribution in [0, 0.1) is 0 Å². The molecule has 0 heterocycles. The Balaban J connectivity index is 2.32. The van der Waals surface area contributed by atoms with Gasteiger partial charge in [-0.1, -0.05) is 17.7 Å². The molecule has 2 aromatic carbocycles. The number of sulfonamides is 1. The normalized spacial score (nSPS) is 12.2. The van der Waals surface area contributed by atoms with Gasteiger partial charge >= 0.3 is 6.61 Å². The van der Waals surface area contributed by atoms with E-state index < -0.39 is 26.5 Å². The fourth-order valence-corrected chi connectivity index (χ4v) is 3.88. The van der Waals surface area contributed by atoms with E-state index in [2.05, 4.69) is 9.46 Å². The Morgan fingerprint density at radius 1 is 1.04 bits per heavy atom. The molecule has 2 aromatic rings. The zero-order valence-corrected chi connectivity index (χ0v) is 15.0. The van der Waals surface area contributed by atoms with Crippen molar-refractivity contribution in [1.82, 2.24) is 0 Å². The topological polar surface area (TPSA) is 89.5 Å². The van der Waals surface area contributed by atoms with Crippen LogP contribution in [0.5, 0.6) is 5.75 Å². The summed E-state index contributed by atoms with van der Waals surface area (Å²) in [6.07, 6.45) is 0.988. The molecule has 0 unspecified atom stereocenters. The van der Waals surface area contributed by atoms with E-state index in [0.29, 0.717) is 0 Å². The van der Waals surface area contributed by atoms with Crippen molar-refractivity contribution in [2.45, 2.75) is 16.4 Å². The van der Waals surface area contributed by atoms with Crippen molar-refractivity contribution in [1.29, 1.82) is 0 Å². The first kappa shape index (κ1) is 19.4. The molecule has 25 heavy (non-hydrogen) atoms. The summed E-state index contributed by atoms with van der Waals surface area (Å²) in [5.74, 6) is -0.366. The minimum atomic E-state index is -4.12. The SMILES string of the molecule is CS(=O)(=O)c1cccc(NS(=O)(=O)c2ccc(OC(F)F)c(Cl)c2)c1. The Bertz CT molecular complexity index is 994. The smallest absolute Gasteiger partial charge is 0.387 e. The number of hydrogen-bond acceptors (Lipinski definition) is 5. The number of sulfone groups is 1. The van der Waals surface area contributed by atoms with Gasteiger partial charge in [0, 0.05) is 6.26 Å². The molecular formula is C14H12ClF2NO5S2. The summed E-state index contributed by atoms with van der Waals surface area (Å²) >= 11 is 5.74. The Labute approximate surface area is 148 Å². The molecule has 0 fully saturated rings. The van der Waals surface area contributed by atoms with Crippen LogP contribution in [0.1, 0.15) is 0 Å². The lowest BCUT2D eigenvalue weighted by Gasteiger charge is -2.11. The van der Waals surface area contributed by atoms with Gasteiger partial charge in [0.25, 0.3) is 10.0 Å². The Hall–Kier alpha value is -1.91. The van der Waals surface area contributed by atoms with E-state index in [4.69, 9.17) is 11.6 Å². The van der Waals surface area contributed by atoms with Gasteiger partial charge < -0.3 is 4.74 Å². The second kappa shape index (κ2) is 7.14. The summed E-state index contributed by atoms with van der Waals surface area (Å²) in [6, 6.07) is 8.19. The molecule has 6 nitrogen and oxygen atoms in total. The number of hydrogen-bond donors (Lipinski definition) is 1. The average Bonchev–Trinajstić information content (AvgIpc) is 2.47. The van der Waals surface area contributed by atoms with Crippen LogP contribution >= 0.6 is 11.6 Å². The van der Waals surface area contributed by atoms with Crippen molar-refractivity contribution in [2.75, 3.05) is 11.0 Å². The van der Waals surface area contributed by atoms with Crippen LogP contribution in [0.25, 0.3) is 0 Å². The van der Waals surface area contributed by atoms with E-state index in [-0.39, 0.29) is 26.3 Å². The van der Waals surface area contributed by atoms with Crippen molar-refractivity contribution in [3.63, 3.8) is 0 Å². The summed E-state index contributed by atoms with van der Waals surface area (Å²) < 4.78 is 78.4. The summed E-state index contributed by atoms with van der Waals surface area (Å²) in [6.45, 7) is -3.10. The monoisotopic (exact) mass is 411 g/mol. The molecule has 1 N–H and O–H groups in total. The standard InChI is InChI=1S/C14H12ClF2NO5S2/c1-24(19,20)10-4-2-3-9(7-10)18-25(21,22)11-5-6-13(12(15)8-11)23-14(16)17/h2-8,14,18H,1H3. The summed E-state index contributed by atoms with van der Waals surface area (Å²) in [4.78, 5) is -0.365. The van der Waals surface area contributed by atoms with Crippen molar-refractivity contribution >= 4 is 37.1 Å². The van der Waals surface area contributed by atoms with Crippen molar-refractivity contribution in [2.24, 2.45) is 0 Å². The van der Waals surface area contributed by atoms with E-state index in [1.165, 1.54) is 18.2 Å². The predicted molar refractivity (Wildman–Crippen MR) is 88.4 cm³/mol. The number of rotatable bonds is 6. The molecule has 0 saturated heterocycles. The number of benzene rings is 2. The van der Waals surface area contributed by atoms with Crippen LogP contribution < -0.4 is 9.46 Å². The van der Waals surface area contributed by atoms with Gasteiger partial charge in [0.1, 0.15) is 5.75 Å². The highest BCUT2D eigenvalue weighted by molar-refractivity contribution is 7.92. The van der Waals surface area contributed by atoms with Gasteiger partial charge in [-0.05, 0) is 36.4 Å². The van der Waals surface area contributed by atoms with Gasteiger partial charge in [0.05, 0.1) is 20.5 Å². The van der Waals surface area contributed by atoms with E-state index >= 15 is 0 Å². The highest BCUT2D eigenvalue weighted by Crippen LogP contribution is 2.29. The minimum absolute atomic E-state index is 0.0203. The van der Waals surface area contributed by atoms with Crippen LogP contribution in [0.4, 0.5) is 14.5 Å². The highest BCUT2D eigenvalue weighted by Gasteiger charge is 2.18. The molecule has 0 radical (unpaired) electrons. The molecule has 0 aliphatic rings. The van der Waals surface area contributed by atoms with E-state index in [1.807, 2.05) is 0 Å². The summed E-state index contributed by atoms with van der Waals surface area (Å²) in [5.41, 5.74) is 0.0203. The fraction of sp³-hybridized carbons (Fsp3) is 0.143. The largest absolute Gasteiger partial charge is 0.433 e. The molecule has 0 atom stereocenters.